The lowest BCUT2D eigenvalue weighted by molar-refractivity contribution is -0.105. The molecule has 2 rings (SSSR count). The van der Waals surface area contributed by atoms with E-state index in [0.29, 0.717) is 6.41 Å². The Morgan fingerprint density at radius 1 is 1.32 bits per heavy atom. The average molecular weight is 260 g/mol. The molecule has 1 heterocycles. The van der Waals surface area contributed by atoms with Crippen molar-refractivity contribution >= 4 is 18.4 Å². The molecule has 0 aliphatic carbocycles. The number of halogens is 1. The number of rotatable bonds is 5. The highest BCUT2D eigenvalue weighted by Crippen LogP contribution is 2.12. The Labute approximate surface area is 107 Å². The third-order valence-electron chi connectivity index (χ3n) is 2.05. The van der Waals surface area contributed by atoms with Gasteiger partial charge in [0.05, 0.1) is 12.4 Å². The monoisotopic (exact) mass is 260 g/mol. The number of carbonyl (C=O) groups excluding carboxylic acids is 1. The van der Waals surface area contributed by atoms with Crippen molar-refractivity contribution in [3.63, 3.8) is 0 Å². The van der Waals surface area contributed by atoms with Gasteiger partial charge in [-0.1, -0.05) is 35.5 Å². The molecule has 7 heteroatoms. The van der Waals surface area contributed by atoms with E-state index in [0.717, 1.165) is 11.8 Å². The zero-order valence-corrected chi connectivity index (χ0v) is 9.65. The second-order valence-electron chi connectivity index (χ2n) is 3.35. The van der Waals surface area contributed by atoms with Gasteiger partial charge in [0, 0.05) is 0 Å². The van der Waals surface area contributed by atoms with Crippen LogP contribution >= 0.6 is 0 Å². The Kier molecular flexibility index (Phi) is 4.12. The molecule has 1 aromatic carbocycles. The first-order valence-electron chi connectivity index (χ1n) is 5.28. The molecule has 0 unspecified atom stereocenters. The number of oxime groups is 1. The molecule has 1 N–H and O–H groups in total. The normalized spacial score (nSPS) is 10.4. The summed E-state index contributed by atoms with van der Waals surface area (Å²) in [5.41, 5.74) is 0.829. The molecule has 0 saturated carbocycles. The van der Waals surface area contributed by atoms with Crippen LogP contribution in [0, 0.1) is 5.82 Å². The van der Waals surface area contributed by atoms with Gasteiger partial charge >= 0.3 is 6.01 Å². The van der Waals surface area contributed by atoms with Crippen LogP contribution < -0.4 is 10.2 Å². The first-order valence-corrected chi connectivity index (χ1v) is 5.28. The Morgan fingerprint density at radius 3 is 2.84 bits per heavy atom. The summed E-state index contributed by atoms with van der Waals surface area (Å²) in [5.74, 6) is -1.03. The van der Waals surface area contributed by atoms with Crippen LogP contribution in [0.2, 0.25) is 0 Å². The smallest absolute Gasteiger partial charge is 0.315 e. The Bertz CT molecular complexity index is 590. The molecule has 0 fully saturated rings. The van der Waals surface area contributed by atoms with Crippen molar-refractivity contribution < 1.29 is 14.0 Å². The summed E-state index contributed by atoms with van der Waals surface area (Å²) in [4.78, 5) is 22.3. The maximum absolute atomic E-state index is 13.1. The molecule has 0 saturated heterocycles. The van der Waals surface area contributed by atoms with Crippen LogP contribution in [0.1, 0.15) is 5.56 Å². The first kappa shape index (κ1) is 12.6. The molecule has 0 bridgehead atoms. The fraction of sp³-hybridized carbons (Fsp3) is 0. The van der Waals surface area contributed by atoms with Crippen molar-refractivity contribution in [2.75, 3.05) is 5.32 Å². The van der Waals surface area contributed by atoms with E-state index in [4.69, 9.17) is 4.84 Å². The predicted octanol–water partition coefficient (Wildman–Crippen LogP) is 1.60. The molecule has 0 aliphatic heterocycles. The molecule has 2 aromatic rings. The minimum absolute atomic E-state index is 0.169. The maximum atomic E-state index is 13.1. The Morgan fingerprint density at radius 2 is 2.11 bits per heavy atom. The van der Waals surface area contributed by atoms with Crippen LogP contribution in [-0.2, 0) is 4.79 Å². The number of anilines is 1. The number of benzene rings is 1. The second-order valence-corrected chi connectivity index (χ2v) is 3.35. The van der Waals surface area contributed by atoms with E-state index in [1.165, 1.54) is 6.21 Å². The zero-order chi connectivity index (χ0) is 13.5. The van der Waals surface area contributed by atoms with Crippen LogP contribution in [0.3, 0.4) is 0 Å². The van der Waals surface area contributed by atoms with E-state index in [1.54, 1.807) is 0 Å². The summed E-state index contributed by atoms with van der Waals surface area (Å²) in [6.07, 6.45) is 2.65. The minimum Gasteiger partial charge on any atom is -0.315 e. The molecule has 6 nitrogen and oxygen atoms in total. The van der Waals surface area contributed by atoms with Crippen molar-refractivity contribution in [1.29, 1.82) is 0 Å². The highest BCUT2D eigenvalue weighted by molar-refractivity contribution is 5.78. The highest BCUT2D eigenvalue weighted by atomic mass is 19.1. The highest BCUT2D eigenvalue weighted by Gasteiger charge is 2.06. The fourth-order valence-electron chi connectivity index (χ4n) is 1.23. The lowest BCUT2D eigenvalue weighted by atomic mass is 10.2. The van der Waals surface area contributed by atoms with Crippen LogP contribution in [-0.4, -0.2) is 22.6 Å². The van der Waals surface area contributed by atoms with E-state index in [2.05, 4.69) is 20.4 Å². The SMILES string of the molecule is O=CNc1nc(ON=Cc2ccccc2)ncc1F. The Hall–Kier alpha value is -2.83. The van der Waals surface area contributed by atoms with Crippen molar-refractivity contribution in [3.05, 3.63) is 47.9 Å². The molecular weight excluding hydrogens is 251 g/mol. The molecule has 0 aliphatic rings. The summed E-state index contributed by atoms with van der Waals surface area (Å²) in [7, 11) is 0. The van der Waals surface area contributed by atoms with E-state index in [-0.39, 0.29) is 11.8 Å². The zero-order valence-electron chi connectivity index (χ0n) is 9.65. The maximum Gasteiger partial charge on any atom is 0.347 e. The molecule has 0 spiro atoms. The van der Waals surface area contributed by atoms with Crippen LogP contribution in [0.15, 0.2) is 41.7 Å². The summed E-state index contributed by atoms with van der Waals surface area (Å²) >= 11 is 0. The van der Waals surface area contributed by atoms with Gasteiger partial charge in [0.2, 0.25) is 6.41 Å². The second kappa shape index (κ2) is 6.20. The largest absolute Gasteiger partial charge is 0.347 e. The van der Waals surface area contributed by atoms with Gasteiger partial charge in [-0.25, -0.2) is 4.39 Å². The number of aromatic nitrogens is 2. The van der Waals surface area contributed by atoms with E-state index in [1.807, 2.05) is 30.3 Å². The Balaban J connectivity index is 2.05. The molecule has 1 aromatic heterocycles. The van der Waals surface area contributed by atoms with Crippen molar-refractivity contribution in [3.8, 4) is 6.01 Å². The van der Waals surface area contributed by atoms with Gasteiger partial charge in [-0.05, 0) is 5.56 Å². The topological polar surface area (TPSA) is 76.5 Å². The van der Waals surface area contributed by atoms with Crippen molar-refractivity contribution in [2.24, 2.45) is 5.16 Å². The number of nitrogens with one attached hydrogen (secondary N) is 1. The average Bonchev–Trinajstić information content (AvgIpc) is 2.44. The minimum atomic E-state index is -0.758. The fourth-order valence-corrected chi connectivity index (χ4v) is 1.23. The molecular formula is C12H9FN4O2. The number of carbonyl (C=O) groups is 1. The van der Waals surface area contributed by atoms with E-state index in [9.17, 15) is 9.18 Å². The van der Waals surface area contributed by atoms with Crippen LogP contribution in [0.5, 0.6) is 6.01 Å². The van der Waals surface area contributed by atoms with Crippen LogP contribution in [0.4, 0.5) is 10.2 Å². The van der Waals surface area contributed by atoms with Gasteiger partial charge < -0.3 is 10.2 Å². The lowest BCUT2D eigenvalue weighted by Crippen LogP contribution is -2.03. The van der Waals surface area contributed by atoms with Gasteiger partial charge in [-0.3, -0.25) is 4.79 Å². The summed E-state index contributed by atoms with van der Waals surface area (Å²) in [6, 6.07) is 9.07. The van der Waals surface area contributed by atoms with E-state index < -0.39 is 5.82 Å². The van der Waals surface area contributed by atoms with Gasteiger partial charge in [-0.2, -0.15) is 9.97 Å². The number of nitrogens with zero attached hydrogens (tertiary/aromatic N) is 3. The standard InChI is InChI=1S/C12H9FN4O2/c13-10-7-14-12(17-11(10)15-8-18)19-16-6-9-4-2-1-3-5-9/h1-8H,(H,14,15,17,18). The van der Waals surface area contributed by atoms with Crippen LogP contribution in [0.25, 0.3) is 0 Å². The molecule has 1 amide bonds. The predicted molar refractivity (Wildman–Crippen MR) is 66.3 cm³/mol. The molecule has 19 heavy (non-hydrogen) atoms. The van der Waals surface area contributed by atoms with Gasteiger partial charge in [0.25, 0.3) is 0 Å². The quantitative estimate of drug-likeness (QED) is 0.503. The van der Waals surface area contributed by atoms with Crippen molar-refractivity contribution in [2.45, 2.75) is 0 Å². The lowest BCUT2D eigenvalue weighted by Gasteiger charge is -2.00. The summed E-state index contributed by atoms with van der Waals surface area (Å²) < 4.78 is 13.1. The van der Waals surface area contributed by atoms with Gasteiger partial charge in [0.1, 0.15) is 0 Å². The number of hydrogen-bond donors (Lipinski definition) is 1. The molecule has 0 radical (unpaired) electrons. The van der Waals surface area contributed by atoms with Gasteiger partial charge in [-0.15, -0.1) is 0 Å². The number of amides is 1. The van der Waals surface area contributed by atoms with E-state index >= 15 is 0 Å². The summed E-state index contributed by atoms with van der Waals surface area (Å²) in [5, 5.41) is 5.74. The van der Waals surface area contributed by atoms with Gasteiger partial charge in [0.15, 0.2) is 11.6 Å². The molecule has 0 atom stereocenters. The van der Waals surface area contributed by atoms with Crippen molar-refractivity contribution in [1.82, 2.24) is 9.97 Å². The third kappa shape index (κ3) is 3.56. The third-order valence-corrected chi connectivity index (χ3v) is 2.05. The number of hydrogen-bond acceptors (Lipinski definition) is 5. The summed E-state index contributed by atoms with van der Waals surface area (Å²) in [6.45, 7) is 0. The molecule has 96 valence electrons. The first-order chi connectivity index (χ1) is 9.29.